The molecule has 0 spiro atoms. The Morgan fingerprint density at radius 2 is 1.33 bits per heavy atom. The zero-order chi connectivity index (χ0) is 24.3. The van der Waals surface area contributed by atoms with Crippen LogP contribution in [0.15, 0.2) is 24.3 Å². The summed E-state index contributed by atoms with van der Waals surface area (Å²) >= 11 is 0. The Hall–Kier alpha value is 0.0699. The molecule has 0 radical (unpaired) electrons. The zero-order valence-electron chi connectivity index (χ0n) is 23.7. The second-order valence-corrected chi connectivity index (χ2v) is 10.1. The van der Waals surface area contributed by atoms with E-state index in [1.807, 2.05) is 24.3 Å². The summed E-state index contributed by atoms with van der Waals surface area (Å²) < 4.78 is 9.80. The maximum Gasteiger partial charge on any atom is 3.00 e. The molecule has 0 saturated carbocycles. The van der Waals surface area contributed by atoms with Crippen molar-refractivity contribution in [1.82, 2.24) is 0 Å². The van der Waals surface area contributed by atoms with Crippen LogP contribution in [0.2, 0.25) is 0 Å². The first kappa shape index (κ1) is 40.2. The Bertz CT molecular complexity index is 471. The van der Waals surface area contributed by atoms with Gasteiger partial charge in [-0.15, -0.1) is 23.2 Å². The third-order valence-corrected chi connectivity index (χ3v) is 3.91. The normalized spacial score (nSPS) is 17.0. The van der Waals surface area contributed by atoms with Crippen LogP contribution in [-0.2, 0) is 4.74 Å². The van der Waals surface area contributed by atoms with Gasteiger partial charge in [0.25, 0.3) is 0 Å². The standard InChI is InChI=1S/C9H18N.C7H7O.C4H8O.2C4H9.Al.Li/c1-8(2)6-5-7-9(3,4)10-8;1-8-7-5-3-2-4-6-7;1-2-4-5-3-1;2*1-4(2)3;;/h5-7H2,1-4H3;2-5H,1H3;1-4H2;2*4H,1H2,2-3H3;;/q2*-1;;2*-1;+3;+1. The van der Waals surface area contributed by atoms with Gasteiger partial charge >= 0.3 is 36.2 Å². The largest absolute Gasteiger partial charge is 3.00 e. The molecule has 0 aliphatic carbocycles. The number of rotatable bonds is 1. The van der Waals surface area contributed by atoms with E-state index in [2.05, 4.69) is 75.3 Å². The summed E-state index contributed by atoms with van der Waals surface area (Å²) in [7, 11) is 1.63. The quantitative estimate of drug-likeness (QED) is 0.432. The fraction of sp³-hybridized carbons (Fsp3) is 0.714. The molecule has 2 fully saturated rings. The summed E-state index contributed by atoms with van der Waals surface area (Å²) in [6.07, 6.45) is 6.41. The van der Waals surface area contributed by atoms with Gasteiger partial charge in [0.2, 0.25) is 0 Å². The molecular weight excluding hydrogens is 416 g/mol. The first-order chi connectivity index (χ1) is 14.3. The van der Waals surface area contributed by atoms with Crippen LogP contribution in [0, 0.1) is 31.7 Å². The molecule has 0 aromatic heterocycles. The number of hydrogen-bond donors (Lipinski definition) is 0. The van der Waals surface area contributed by atoms with Gasteiger partial charge in [0.15, 0.2) is 0 Å². The van der Waals surface area contributed by atoms with Gasteiger partial charge in [0.05, 0.1) is 7.11 Å². The van der Waals surface area contributed by atoms with Crippen molar-refractivity contribution >= 4 is 17.4 Å². The van der Waals surface area contributed by atoms with Crippen molar-refractivity contribution in [3.63, 3.8) is 0 Å². The molecular formula is C28H51AlLiNO2. The van der Waals surface area contributed by atoms with Gasteiger partial charge < -0.3 is 28.6 Å². The molecule has 3 rings (SSSR count). The summed E-state index contributed by atoms with van der Waals surface area (Å²) in [5, 5.41) is 4.75. The molecule has 0 amide bonds. The molecule has 5 heteroatoms. The Morgan fingerprint density at radius 3 is 1.52 bits per heavy atom. The van der Waals surface area contributed by atoms with Crippen LogP contribution in [0.1, 0.15) is 87.5 Å². The molecule has 2 heterocycles. The fourth-order valence-corrected chi connectivity index (χ4v) is 2.90. The van der Waals surface area contributed by atoms with Crippen molar-refractivity contribution in [3.8, 4) is 5.75 Å². The minimum atomic E-state index is 0. The molecule has 1 aromatic carbocycles. The molecule has 1 aromatic rings. The number of methoxy groups -OCH3 is 1. The van der Waals surface area contributed by atoms with Gasteiger partial charge in [0.1, 0.15) is 0 Å². The van der Waals surface area contributed by atoms with E-state index in [1.54, 1.807) is 7.11 Å². The molecule has 0 N–H and O–H groups in total. The molecule has 2 saturated heterocycles. The van der Waals surface area contributed by atoms with E-state index in [9.17, 15) is 0 Å². The van der Waals surface area contributed by atoms with Gasteiger partial charge in [-0.3, -0.25) is 0 Å². The minimum Gasteiger partial charge on any atom is -0.652 e. The third kappa shape index (κ3) is 34.3. The van der Waals surface area contributed by atoms with E-state index in [0.717, 1.165) is 19.0 Å². The van der Waals surface area contributed by atoms with Gasteiger partial charge in [-0.1, -0.05) is 74.7 Å². The van der Waals surface area contributed by atoms with Crippen molar-refractivity contribution in [3.05, 3.63) is 49.5 Å². The number of nitrogens with zero attached hydrogens (tertiary/aromatic N) is 1. The molecule has 184 valence electrons. The Morgan fingerprint density at radius 1 is 0.909 bits per heavy atom. The smallest absolute Gasteiger partial charge is 0.652 e. The van der Waals surface area contributed by atoms with Crippen molar-refractivity contribution < 1.29 is 28.3 Å². The average Bonchev–Trinajstić information content (AvgIpc) is 3.20. The SMILES string of the molecule is C1CCOC1.CC1(C)CCCC(C)(C)[N-]1.COc1[c-]cccc1.[Al+3].[CH2-]C(C)C.[CH2-]C(C)C.[Li+]. The predicted molar refractivity (Wildman–Crippen MR) is 143 cm³/mol. The minimum absolute atomic E-state index is 0. The molecule has 0 bridgehead atoms. The molecule has 33 heavy (non-hydrogen) atoms. The summed E-state index contributed by atoms with van der Waals surface area (Å²) in [5.41, 5.74) is 0.476. The number of hydrogen-bond acceptors (Lipinski definition) is 2. The summed E-state index contributed by atoms with van der Waals surface area (Å²) in [6.45, 7) is 26.4. The molecule has 2 aliphatic rings. The maximum atomic E-state index is 4.94. The van der Waals surface area contributed by atoms with Crippen LogP contribution in [0.25, 0.3) is 5.32 Å². The van der Waals surface area contributed by atoms with Crippen LogP contribution in [0.5, 0.6) is 5.75 Å². The first-order valence-electron chi connectivity index (χ1n) is 11.8. The number of para-hydroxylation sites is 1. The van der Waals surface area contributed by atoms with Gasteiger partial charge in [-0.05, 0) is 12.8 Å². The molecule has 0 unspecified atom stereocenters. The summed E-state index contributed by atoms with van der Waals surface area (Å²) in [4.78, 5) is 0. The summed E-state index contributed by atoms with van der Waals surface area (Å²) in [5.74, 6) is 1.95. The topological polar surface area (TPSA) is 32.6 Å². The van der Waals surface area contributed by atoms with E-state index in [-0.39, 0.29) is 47.3 Å². The first-order valence-corrected chi connectivity index (χ1v) is 11.8. The van der Waals surface area contributed by atoms with Crippen LogP contribution >= 0.6 is 0 Å². The van der Waals surface area contributed by atoms with Crippen LogP contribution in [-0.4, -0.2) is 48.8 Å². The zero-order valence-corrected chi connectivity index (χ0v) is 24.8. The van der Waals surface area contributed by atoms with Gasteiger partial charge in [-0.2, -0.15) is 30.0 Å². The Kier molecular flexibility index (Phi) is 29.0. The van der Waals surface area contributed by atoms with Gasteiger partial charge in [0, 0.05) is 19.0 Å². The van der Waals surface area contributed by atoms with E-state index < -0.39 is 0 Å². The summed E-state index contributed by atoms with van der Waals surface area (Å²) in [6, 6.07) is 10.4. The Balaban J connectivity index is -0.000000165. The van der Waals surface area contributed by atoms with E-state index in [0.29, 0.717) is 11.8 Å². The number of ether oxygens (including phenoxy) is 2. The van der Waals surface area contributed by atoms with E-state index >= 15 is 0 Å². The van der Waals surface area contributed by atoms with Crippen LogP contribution in [0.3, 0.4) is 0 Å². The maximum absolute atomic E-state index is 4.94. The van der Waals surface area contributed by atoms with Crippen molar-refractivity contribution in [2.24, 2.45) is 11.8 Å². The van der Waals surface area contributed by atoms with Crippen LogP contribution < -0.4 is 23.6 Å². The second kappa shape index (κ2) is 23.8. The van der Waals surface area contributed by atoms with Crippen molar-refractivity contribution in [1.29, 1.82) is 0 Å². The Labute approximate surface area is 230 Å². The van der Waals surface area contributed by atoms with E-state index in [4.69, 9.17) is 14.8 Å². The third-order valence-electron chi connectivity index (χ3n) is 3.91. The van der Waals surface area contributed by atoms with Crippen molar-refractivity contribution in [2.45, 2.75) is 98.6 Å². The number of piperidine rings is 1. The molecule has 2 aliphatic heterocycles. The predicted octanol–water partition coefficient (Wildman–Crippen LogP) is 4.97. The number of benzene rings is 1. The van der Waals surface area contributed by atoms with Gasteiger partial charge in [-0.25, -0.2) is 0 Å². The monoisotopic (exact) mass is 467 g/mol. The van der Waals surface area contributed by atoms with E-state index in [1.165, 1.54) is 32.1 Å². The fourth-order valence-electron chi connectivity index (χ4n) is 2.90. The average molecular weight is 468 g/mol. The molecule has 3 nitrogen and oxygen atoms in total. The molecule has 0 atom stereocenters. The van der Waals surface area contributed by atoms with Crippen LogP contribution in [0.4, 0.5) is 0 Å². The second-order valence-electron chi connectivity index (χ2n) is 10.1. The van der Waals surface area contributed by atoms with Crippen molar-refractivity contribution in [2.75, 3.05) is 20.3 Å².